The molecule has 0 aromatic carbocycles. The molecular formula is C20H44N+. The van der Waals surface area contributed by atoms with Gasteiger partial charge in [-0.25, -0.2) is 0 Å². The van der Waals surface area contributed by atoms with E-state index in [0.717, 1.165) is 5.92 Å². The molecule has 128 valence electrons. The Balaban J connectivity index is 3.36. The van der Waals surface area contributed by atoms with Gasteiger partial charge in [0.2, 0.25) is 0 Å². The molecule has 0 amide bonds. The molecule has 0 saturated heterocycles. The minimum Gasteiger partial charge on any atom is -0.328 e. The molecule has 0 aromatic heterocycles. The lowest BCUT2D eigenvalue weighted by Crippen LogP contribution is -2.41. The molecule has 0 aliphatic carbocycles. The number of quaternary nitrogens is 1. The number of hydrogen-bond donors (Lipinski definition) is 0. The van der Waals surface area contributed by atoms with E-state index in [2.05, 4.69) is 34.9 Å². The second-order valence-corrected chi connectivity index (χ2v) is 8.10. The van der Waals surface area contributed by atoms with Crippen LogP contribution in [0.25, 0.3) is 0 Å². The molecule has 0 aromatic rings. The number of unbranched alkanes of at least 4 members (excludes halogenated alkanes) is 9. The van der Waals surface area contributed by atoms with Crippen LogP contribution in [0.5, 0.6) is 0 Å². The van der Waals surface area contributed by atoms with Crippen molar-refractivity contribution >= 4 is 0 Å². The first-order chi connectivity index (χ1) is 9.98. The first-order valence-corrected chi connectivity index (χ1v) is 9.80. The zero-order valence-corrected chi connectivity index (χ0v) is 15.9. The van der Waals surface area contributed by atoms with Gasteiger partial charge >= 0.3 is 0 Å². The quantitative estimate of drug-likeness (QED) is 0.242. The highest BCUT2D eigenvalue weighted by atomic mass is 15.3. The van der Waals surface area contributed by atoms with Gasteiger partial charge in [-0.15, -0.1) is 0 Å². The predicted octanol–water partition coefficient (Wildman–Crippen LogP) is 6.42. The van der Waals surface area contributed by atoms with Crippen molar-refractivity contribution in [2.24, 2.45) is 5.92 Å². The second kappa shape index (κ2) is 13.6. The van der Waals surface area contributed by atoms with Gasteiger partial charge in [0.1, 0.15) is 0 Å². The lowest BCUT2D eigenvalue weighted by atomic mass is 10.1. The molecule has 0 atom stereocenters. The van der Waals surface area contributed by atoms with Gasteiger partial charge in [0.15, 0.2) is 0 Å². The topological polar surface area (TPSA) is 0 Å². The van der Waals surface area contributed by atoms with Gasteiger partial charge in [0.25, 0.3) is 0 Å². The van der Waals surface area contributed by atoms with Crippen molar-refractivity contribution in [3.05, 3.63) is 0 Å². The molecule has 1 heteroatoms. The van der Waals surface area contributed by atoms with E-state index in [4.69, 9.17) is 0 Å². The largest absolute Gasteiger partial charge is 0.328 e. The van der Waals surface area contributed by atoms with E-state index < -0.39 is 0 Å². The molecule has 0 aliphatic heterocycles. The lowest BCUT2D eigenvalue weighted by molar-refractivity contribution is -0.890. The smallest absolute Gasteiger partial charge is 0.0782 e. The van der Waals surface area contributed by atoms with Gasteiger partial charge in [-0.2, -0.15) is 0 Å². The van der Waals surface area contributed by atoms with E-state index in [0.29, 0.717) is 0 Å². The number of nitrogens with zero attached hydrogens (tertiary/aromatic N) is 1. The Morgan fingerprint density at radius 3 is 1.52 bits per heavy atom. The fraction of sp³-hybridized carbons (Fsp3) is 1.00. The maximum absolute atomic E-state index is 2.42. The summed E-state index contributed by atoms with van der Waals surface area (Å²) in [5, 5.41) is 0. The van der Waals surface area contributed by atoms with Crippen LogP contribution in [0, 0.1) is 5.92 Å². The molecule has 1 nitrogen and oxygen atoms in total. The first kappa shape index (κ1) is 21.0. The fourth-order valence-corrected chi connectivity index (χ4v) is 3.05. The van der Waals surface area contributed by atoms with Gasteiger partial charge in [-0.05, 0) is 31.6 Å². The van der Waals surface area contributed by atoms with E-state index in [9.17, 15) is 0 Å². The van der Waals surface area contributed by atoms with Crippen LogP contribution >= 0.6 is 0 Å². The predicted molar refractivity (Wildman–Crippen MR) is 97.8 cm³/mol. The molecular weight excluding hydrogens is 254 g/mol. The highest BCUT2D eigenvalue weighted by Crippen LogP contribution is 2.13. The Bertz CT molecular complexity index is 208. The number of hydrogen-bond acceptors (Lipinski definition) is 0. The molecule has 21 heavy (non-hydrogen) atoms. The molecule has 0 N–H and O–H groups in total. The third kappa shape index (κ3) is 16.2. The van der Waals surface area contributed by atoms with Gasteiger partial charge < -0.3 is 4.48 Å². The Morgan fingerprint density at radius 1 is 0.619 bits per heavy atom. The van der Waals surface area contributed by atoms with Crippen molar-refractivity contribution in [1.82, 2.24) is 0 Å². The molecule has 0 radical (unpaired) electrons. The summed E-state index contributed by atoms with van der Waals surface area (Å²) in [6.45, 7) is 9.70. The molecule has 0 heterocycles. The second-order valence-electron chi connectivity index (χ2n) is 8.10. The van der Waals surface area contributed by atoms with Crippen LogP contribution < -0.4 is 0 Å². The van der Waals surface area contributed by atoms with Crippen LogP contribution in [0.3, 0.4) is 0 Å². The normalized spacial score (nSPS) is 12.3. The van der Waals surface area contributed by atoms with Gasteiger partial charge in [-0.3, -0.25) is 0 Å². The van der Waals surface area contributed by atoms with Crippen molar-refractivity contribution in [1.29, 1.82) is 0 Å². The van der Waals surface area contributed by atoms with Crippen molar-refractivity contribution in [2.45, 2.75) is 97.8 Å². The van der Waals surface area contributed by atoms with Crippen LogP contribution in [0.4, 0.5) is 0 Å². The SMILES string of the molecule is CCCCCCCCCCC[N+](C)(C)CCCCC(C)C. The third-order valence-corrected chi connectivity index (χ3v) is 4.66. The van der Waals surface area contributed by atoms with E-state index in [1.165, 1.54) is 94.6 Å². The van der Waals surface area contributed by atoms with Gasteiger partial charge in [0.05, 0.1) is 27.2 Å². The zero-order valence-electron chi connectivity index (χ0n) is 15.9. The summed E-state index contributed by atoms with van der Waals surface area (Å²) in [6, 6.07) is 0. The highest BCUT2D eigenvalue weighted by molar-refractivity contribution is 4.49. The van der Waals surface area contributed by atoms with Crippen molar-refractivity contribution in [3.63, 3.8) is 0 Å². The highest BCUT2D eigenvalue weighted by Gasteiger charge is 2.13. The Kier molecular flexibility index (Phi) is 13.6. The van der Waals surface area contributed by atoms with E-state index >= 15 is 0 Å². The third-order valence-electron chi connectivity index (χ3n) is 4.66. The van der Waals surface area contributed by atoms with Gasteiger partial charge in [0, 0.05) is 0 Å². The maximum atomic E-state index is 2.42. The molecule has 0 unspecified atom stereocenters. The fourth-order valence-electron chi connectivity index (χ4n) is 3.05. The summed E-state index contributed by atoms with van der Waals surface area (Å²) < 4.78 is 1.23. The molecule has 0 bridgehead atoms. The van der Waals surface area contributed by atoms with Gasteiger partial charge in [-0.1, -0.05) is 72.1 Å². The summed E-state index contributed by atoms with van der Waals surface area (Å²) in [5.74, 6) is 0.873. The Hall–Kier alpha value is -0.0400. The molecule has 0 spiro atoms. The van der Waals surface area contributed by atoms with Crippen molar-refractivity contribution < 1.29 is 4.48 Å². The van der Waals surface area contributed by atoms with Crippen LogP contribution in [0.2, 0.25) is 0 Å². The van der Waals surface area contributed by atoms with Crippen LogP contribution in [-0.4, -0.2) is 31.7 Å². The van der Waals surface area contributed by atoms with Crippen LogP contribution in [0.1, 0.15) is 97.8 Å². The molecule has 0 rings (SSSR count). The van der Waals surface area contributed by atoms with Crippen LogP contribution in [-0.2, 0) is 0 Å². The van der Waals surface area contributed by atoms with Crippen molar-refractivity contribution in [3.8, 4) is 0 Å². The standard InChI is InChI=1S/C20H44N/c1-6-7-8-9-10-11-12-13-15-18-21(4,5)19-16-14-17-20(2)3/h20H,6-19H2,1-5H3/q+1. The average Bonchev–Trinajstić information content (AvgIpc) is 2.42. The molecule has 0 fully saturated rings. The monoisotopic (exact) mass is 298 g/mol. The average molecular weight is 299 g/mol. The summed E-state index contributed by atoms with van der Waals surface area (Å²) in [4.78, 5) is 0. The molecule has 0 aliphatic rings. The summed E-state index contributed by atoms with van der Waals surface area (Å²) in [6.07, 6.45) is 17.2. The maximum Gasteiger partial charge on any atom is 0.0782 e. The molecule has 0 saturated carbocycles. The van der Waals surface area contributed by atoms with E-state index in [1.807, 2.05) is 0 Å². The Morgan fingerprint density at radius 2 is 1.05 bits per heavy atom. The summed E-state index contributed by atoms with van der Waals surface area (Å²) in [5.41, 5.74) is 0. The summed E-state index contributed by atoms with van der Waals surface area (Å²) in [7, 11) is 4.83. The number of rotatable bonds is 15. The minimum absolute atomic E-state index is 0.873. The Labute approximate surface area is 136 Å². The summed E-state index contributed by atoms with van der Waals surface area (Å²) >= 11 is 0. The van der Waals surface area contributed by atoms with E-state index in [1.54, 1.807) is 0 Å². The first-order valence-electron chi connectivity index (χ1n) is 9.80. The lowest BCUT2D eigenvalue weighted by Gasteiger charge is -2.30. The van der Waals surface area contributed by atoms with Crippen molar-refractivity contribution in [2.75, 3.05) is 27.2 Å². The van der Waals surface area contributed by atoms with E-state index in [-0.39, 0.29) is 0 Å². The minimum atomic E-state index is 0.873. The van der Waals surface area contributed by atoms with Crippen LogP contribution in [0.15, 0.2) is 0 Å². The zero-order chi connectivity index (χ0) is 16.0.